The van der Waals surface area contributed by atoms with Gasteiger partial charge < -0.3 is 10.1 Å². The number of amides is 1. The third-order valence-electron chi connectivity index (χ3n) is 4.64. The lowest BCUT2D eigenvalue weighted by Gasteiger charge is -2.20. The Morgan fingerprint density at radius 1 is 1.00 bits per heavy atom. The Kier molecular flexibility index (Phi) is 4.76. The summed E-state index contributed by atoms with van der Waals surface area (Å²) in [6.07, 6.45) is -0.507. The van der Waals surface area contributed by atoms with Gasteiger partial charge in [-0.25, -0.2) is 4.68 Å². The van der Waals surface area contributed by atoms with Crippen LogP contribution < -0.4 is 10.1 Å². The molecular formula is C22H20N4O2. The van der Waals surface area contributed by atoms with E-state index in [1.165, 1.54) is 0 Å². The van der Waals surface area contributed by atoms with Crippen molar-refractivity contribution < 1.29 is 9.53 Å². The van der Waals surface area contributed by atoms with E-state index in [9.17, 15) is 4.79 Å². The van der Waals surface area contributed by atoms with Gasteiger partial charge in [0, 0.05) is 5.56 Å². The molecule has 0 aliphatic carbocycles. The largest absolute Gasteiger partial charge is 0.497 e. The molecule has 1 atom stereocenters. The number of carbonyl (C=O) groups excluding carboxylic acids is 1. The van der Waals surface area contributed by atoms with Crippen LogP contribution in [-0.4, -0.2) is 28.0 Å². The van der Waals surface area contributed by atoms with Crippen molar-refractivity contribution in [1.29, 1.82) is 0 Å². The van der Waals surface area contributed by atoms with Gasteiger partial charge in [0.05, 0.1) is 12.6 Å². The van der Waals surface area contributed by atoms with Crippen LogP contribution in [0.25, 0.3) is 11.0 Å². The number of carbonyl (C=O) groups is 1. The average molecular weight is 372 g/mol. The predicted molar refractivity (Wildman–Crippen MR) is 107 cm³/mol. The van der Waals surface area contributed by atoms with Crippen LogP contribution in [0, 0.1) is 6.92 Å². The van der Waals surface area contributed by atoms with E-state index in [0.717, 1.165) is 27.9 Å². The van der Waals surface area contributed by atoms with Gasteiger partial charge in [-0.3, -0.25) is 4.79 Å². The van der Waals surface area contributed by atoms with Crippen LogP contribution in [0.3, 0.4) is 0 Å². The lowest BCUT2D eigenvalue weighted by molar-refractivity contribution is 0.0927. The third kappa shape index (κ3) is 3.44. The fourth-order valence-electron chi connectivity index (χ4n) is 3.06. The molecule has 0 aliphatic rings. The van der Waals surface area contributed by atoms with E-state index in [4.69, 9.17) is 4.74 Å². The molecule has 1 heterocycles. The minimum Gasteiger partial charge on any atom is -0.497 e. The van der Waals surface area contributed by atoms with Gasteiger partial charge in [0.25, 0.3) is 5.91 Å². The molecule has 3 aromatic carbocycles. The van der Waals surface area contributed by atoms with Crippen LogP contribution in [0.5, 0.6) is 5.75 Å². The maximum Gasteiger partial charge on any atom is 0.253 e. The maximum atomic E-state index is 12.9. The molecule has 0 bridgehead atoms. The number of hydrogen-bond donors (Lipinski definition) is 1. The molecule has 0 saturated carbocycles. The molecule has 6 heteroatoms. The summed E-state index contributed by atoms with van der Waals surface area (Å²) >= 11 is 0. The van der Waals surface area contributed by atoms with E-state index >= 15 is 0 Å². The third-order valence-corrected chi connectivity index (χ3v) is 4.64. The molecule has 0 spiro atoms. The highest BCUT2D eigenvalue weighted by atomic mass is 16.5. The second kappa shape index (κ2) is 7.52. The zero-order chi connectivity index (χ0) is 19.5. The van der Waals surface area contributed by atoms with Crippen molar-refractivity contribution in [3.8, 4) is 5.75 Å². The monoisotopic (exact) mass is 372 g/mol. The highest BCUT2D eigenvalue weighted by Gasteiger charge is 2.21. The van der Waals surface area contributed by atoms with Crippen LogP contribution in [0.1, 0.15) is 27.7 Å². The number of methoxy groups -OCH3 is 1. The van der Waals surface area contributed by atoms with E-state index in [1.807, 2.05) is 79.7 Å². The highest BCUT2D eigenvalue weighted by molar-refractivity contribution is 5.94. The molecule has 0 radical (unpaired) electrons. The number of nitrogens with one attached hydrogen (secondary N) is 1. The number of fused-ring (bicyclic) bond motifs is 1. The molecule has 140 valence electrons. The molecule has 4 aromatic rings. The summed E-state index contributed by atoms with van der Waals surface area (Å²) in [6, 6.07) is 22.7. The van der Waals surface area contributed by atoms with Crippen molar-refractivity contribution in [2.45, 2.75) is 13.1 Å². The van der Waals surface area contributed by atoms with E-state index in [0.29, 0.717) is 5.56 Å². The molecule has 6 nitrogen and oxygen atoms in total. The van der Waals surface area contributed by atoms with Gasteiger partial charge >= 0.3 is 0 Å². The van der Waals surface area contributed by atoms with Crippen LogP contribution in [-0.2, 0) is 0 Å². The number of para-hydroxylation sites is 1. The molecule has 0 fully saturated rings. The van der Waals surface area contributed by atoms with Gasteiger partial charge in [-0.1, -0.05) is 47.2 Å². The van der Waals surface area contributed by atoms with Crippen LogP contribution in [0.2, 0.25) is 0 Å². The Hall–Kier alpha value is -3.67. The number of hydrogen-bond acceptors (Lipinski definition) is 4. The van der Waals surface area contributed by atoms with Gasteiger partial charge in [-0.15, -0.1) is 5.10 Å². The second-order valence-electron chi connectivity index (χ2n) is 6.54. The zero-order valence-electron chi connectivity index (χ0n) is 15.7. The van der Waals surface area contributed by atoms with Gasteiger partial charge in [0.1, 0.15) is 11.3 Å². The fourth-order valence-corrected chi connectivity index (χ4v) is 3.06. The SMILES string of the molecule is COc1ccc(C(NC(=O)c2ccc(C)cc2)n2nnc3ccccc32)cc1. The summed E-state index contributed by atoms with van der Waals surface area (Å²) in [4.78, 5) is 12.9. The van der Waals surface area contributed by atoms with E-state index in [1.54, 1.807) is 11.8 Å². The van der Waals surface area contributed by atoms with Crippen LogP contribution in [0.15, 0.2) is 72.8 Å². The zero-order valence-corrected chi connectivity index (χ0v) is 15.7. The number of ether oxygens (including phenoxy) is 1. The molecule has 1 N–H and O–H groups in total. The van der Waals surface area contributed by atoms with Crippen molar-refractivity contribution in [3.63, 3.8) is 0 Å². The summed E-state index contributed by atoms with van der Waals surface area (Å²) < 4.78 is 6.97. The molecule has 4 rings (SSSR count). The van der Waals surface area contributed by atoms with E-state index < -0.39 is 6.17 Å². The Morgan fingerprint density at radius 3 is 2.43 bits per heavy atom. The molecule has 28 heavy (non-hydrogen) atoms. The Balaban J connectivity index is 1.74. The summed E-state index contributed by atoms with van der Waals surface area (Å²) in [7, 11) is 1.62. The first kappa shape index (κ1) is 17.7. The Bertz CT molecular complexity index is 1100. The minimum atomic E-state index is -0.507. The lowest BCUT2D eigenvalue weighted by atomic mass is 10.1. The first-order valence-corrected chi connectivity index (χ1v) is 8.97. The highest BCUT2D eigenvalue weighted by Crippen LogP contribution is 2.23. The second-order valence-corrected chi connectivity index (χ2v) is 6.54. The average Bonchev–Trinajstić information content (AvgIpc) is 3.16. The van der Waals surface area contributed by atoms with Crippen LogP contribution in [0.4, 0.5) is 0 Å². The number of aromatic nitrogens is 3. The molecular weight excluding hydrogens is 352 g/mol. The first-order chi connectivity index (χ1) is 13.7. The minimum absolute atomic E-state index is 0.180. The van der Waals surface area contributed by atoms with Gasteiger partial charge in [-0.2, -0.15) is 0 Å². The number of nitrogens with zero attached hydrogens (tertiary/aromatic N) is 3. The predicted octanol–water partition coefficient (Wildman–Crippen LogP) is 3.73. The van der Waals surface area contributed by atoms with Crippen molar-refractivity contribution in [3.05, 3.63) is 89.5 Å². The number of aryl methyl sites for hydroxylation is 1. The summed E-state index contributed by atoms with van der Waals surface area (Å²) in [5.41, 5.74) is 4.18. The smallest absolute Gasteiger partial charge is 0.253 e. The Morgan fingerprint density at radius 2 is 1.71 bits per heavy atom. The van der Waals surface area contributed by atoms with Crippen molar-refractivity contribution >= 4 is 16.9 Å². The maximum absolute atomic E-state index is 12.9. The van der Waals surface area contributed by atoms with Gasteiger partial charge in [-0.05, 0) is 48.9 Å². The van der Waals surface area contributed by atoms with E-state index in [-0.39, 0.29) is 5.91 Å². The van der Waals surface area contributed by atoms with Crippen molar-refractivity contribution in [2.75, 3.05) is 7.11 Å². The summed E-state index contributed by atoms with van der Waals surface area (Å²) in [6.45, 7) is 1.99. The normalized spacial score (nSPS) is 11.9. The van der Waals surface area contributed by atoms with E-state index in [2.05, 4.69) is 15.6 Å². The van der Waals surface area contributed by atoms with Crippen LogP contribution >= 0.6 is 0 Å². The quantitative estimate of drug-likeness (QED) is 0.580. The fraction of sp³-hybridized carbons (Fsp3) is 0.136. The Labute approximate surface area is 162 Å². The molecule has 1 aromatic heterocycles. The lowest BCUT2D eigenvalue weighted by Crippen LogP contribution is -2.33. The van der Waals surface area contributed by atoms with Gasteiger partial charge in [0.15, 0.2) is 6.17 Å². The number of rotatable bonds is 5. The molecule has 1 amide bonds. The first-order valence-electron chi connectivity index (χ1n) is 8.97. The van der Waals surface area contributed by atoms with Gasteiger partial charge in [0.2, 0.25) is 0 Å². The molecule has 1 unspecified atom stereocenters. The molecule has 0 aliphatic heterocycles. The standard InChI is InChI=1S/C22H20N4O2/c1-15-7-9-17(10-8-15)22(27)23-21(16-11-13-18(28-2)14-12-16)26-20-6-4-3-5-19(20)24-25-26/h3-14,21H,1-2H3,(H,23,27). The topological polar surface area (TPSA) is 69.0 Å². The summed E-state index contributed by atoms with van der Waals surface area (Å²) in [5, 5.41) is 11.6. The number of benzene rings is 3. The summed E-state index contributed by atoms with van der Waals surface area (Å²) in [5.74, 6) is 0.566. The molecule has 0 saturated heterocycles. The van der Waals surface area contributed by atoms with Crippen molar-refractivity contribution in [2.24, 2.45) is 0 Å². The van der Waals surface area contributed by atoms with Crippen molar-refractivity contribution in [1.82, 2.24) is 20.3 Å².